The average Bonchev–Trinajstić information content (AvgIpc) is 3.35. The topological polar surface area (TPSA) is 50.6 Å². The van der Waals surface area contributed by atoms with Crippen LogP contribution in [0.1, 0.15) is 46.5 Å². The molecule has 1 saturated carbocycles. The van der Waals surface area contributed by atoms with E-state index in [1.54, 1.807) is 0 Å². The Morgan fingerprint density at radius 3 is 2.43 bits per heavy atom. The third kappa shape index (κ3) is 4.00. The van der Waals surface area contributed by atoms with Crippen LogP contribution in [0.15, 0.2) is 22.8 Å². The number of piperidine rings is 1. The molecule has 1 aromatic heterocycles. The highest BCUT2D eigenvalue weighted by molar-refractivity contribution is 9.10. The second kappa shape index (κ2) is 7.25. The van der Waals surface area contributed by atoms with Gasteiger partial charge in [-0.1, -0.05) is 0 Å². The number of anilines is 1. The highest BCUT2D eigenvalue weighted by Crippen LogP contribution is 2.36. The maximum absolute atomic E-state index is 12.8. The summed E-state index contributed by atoms with van der Waals surface area (Å²) in [5.41, 5.74) is 1.77. The highest BCUT2D eigenvalue weighted by atomic mass is 79.9. The number of hydrogen-bond acceptors (Lipinski definition) is 4. The van der Waals surface area contributed by atoms with Gasteiger partial charge in [0, 0.05) is 54.0 Å². The lowest BCUT2D eigenvalue weighted by Crippen LogP contribution is -2.50. The lowest BCUT2D eigenvalue weighted by molar-refractivity contribution is 0.0114. The molecule has 28 heavy (non-hydrogen) atoms. The molecule has 4 rings (SSSR count). The van der Waals surface area contributed by atoms with E-state index in [1.807, 2.05) is 37.4 Å². The molecule has 2 aliphatic rings. The van der Waals surface area contributed by atoms with E-state index < -0.39 is 5.60 Å². The van der Waals surface area contributed by atoms with Gasteiger partial charge < -0.3 is 14.5 Å². The van der Waals surface area contributed by atoms with E-state index in [9.17, 15) is 4.79 Å². The lowest BCUT2D eigenvalue weighted by Gasteiger charge is -2.40. The van der Waals surface area contributed by atoms with Crippen molar-refractivity contribution < 1.29 is 9.53 Å². The number of benzene rings is 1. The van der Waals surface area contributed by atoms with Crippen LogP contribution in [0.4, 0.5) is 10.5 Å². The molecule has 7 heteroatoms. The Kier molecular flexibility index (Phi) is 5.06. The fourth-order valence-electron chi connectivity index (χ4n) is 4.10. The molecule has 1 saturated heterocycles. The van der Waals surface area contributed by atoms with Crippen LogP contribution < -0.4 is 4.90 Å². The molecule has 2 aromatic rings. The Hall–Kier alpha value is -1.76. The second-order valence-corrected chi connectivity index (χ2v) is 9.82. The number of carbonyl (C=O) groups is 1. The minimum Gasteiger partial charge on any atom is -0.444 e. The quantitative estimate of drug-likeness (QED) is 0.682. The van der Waals surface area contributed by atoms with Crippen molar-refractivity contribution in [1.29, 1.82) is 0 Å². The zero-order valence-corrected chi connectivity index (χ0v) is 18.7. The van der Waals surface area contributed by atoms with E-state index in [1.165, 1.54) is 11.1 Å². The summed E-state index contributed by atoms with van der Waals surface area (Å²) in [6.45, 7) is 7.67. The Bertz CT molecular complexity index is 876. The zero-order chi connectivity index (χ0) is 20.1. The first-order valence-electron chi connectivity index (χ1n) is 10.1. The first kappa shape index (κ1) is 19.6. The molecule has 0 N–H and O–H groups in total. The molecule has 1 aromatic carbocycles. The van der Waals surface area contributed by atoms with Gasteiger partial charge in [-0.3, -0.25) is 4.68 Å². The molecule has 0 atom stereocenters. The van der Waals surface area contributed by atoms with Crippen molar-refractivity contribution in [3.63, 3.8) is 0 Å². The largest absolute Gasteiger partial charge is 0.444 e. The number of ether oxygens (including phenoxy) is 1. The summed E-state index contributed by atoms with van der Waals surface area (Å²) in [7, 11) is 1.96. The van der Waals surface area contributed by atoms with Crippen LogP contribution >= 0.6 is 15.9 Å². The van der Waals surface area contributed by atoms with Crippen molar-refractivity contribution >= 4 is 38.6 Å². The first-order chi connectivity index (χ1) is 13.2. The van der Waals surface area contributed by atoms with Gasteiger partial charge >= 0.3 is 6.09 Å². The first-order valence-corrected chi connectivity index (χ1v) is 10.9. The third-order valence-corrected chi connectivity index (χ3v) is 6.10. The van der Waals surface area contributed by atoms with E-state index in [4.69, 9.17) is 4.74 Å². The minimum absolute atomic E-state index is 0.147. The van der Waals surface area contributed by atoms with Gasteiger partial charge in [-0.25, -0.2) is 4.79 Å². The molecule has 0 unspecified atom stereocenters. The molecule has 2 heterocycles. The van der Waals surface area contributed by atoms with Crippen LogP contribution in [0.25, 0.3) is 10.9 Å². The number of nitrogens with zero attached hydrogens (tertiary/aromatic N) is 4. The summed E-state index contributed by atoms with van der Waals surface area (Å²) in [5, 5.41) is 5.74. The number of aromatic nitrogens is 2. The number of halogens is 1. The molecule has 1 aliphatic heterocycles. The normalized spacial score (nSPS) is 18.5. The Morgan fingerprint density at radius 1 is 1.18 bits per heavy atom. The maximum atomic E-state index is 12.8. The summed E-state index contributed by atoms with van der Waals surface area (Å²) in [4.78, 5) is 17.2. The lowest BCUT2D eigenvalue weighted by atomic mass is 10.0. The number of fused-ring (bicyclic) bond motifs is 1. The summed E-state index contributed by atoms with van der Waals surface area (Å²) in [6.07, 6.45) is 6.07. The highest BCUT2D eigenvalue weighted by Gasteiger charge is 2.40. The van der Waals surface area contributed by atoms with Crippen LogP contribution in [0.3, 0.4) is 0 Å². The van der Waals surface area contributed by atoms with Crippen LogP contribution in [-0.2, 0) is 11.8 Å². The molecule has 1 aliphatic carbocycles. The summed E-state index contributed by atoms with van der Waals surface area (Å²) >= 11 is 3.61. The van der Waals surface area contributed by atoms with Gasteiger partial charge in [0.2, 0.25) is 0 Å². The van der Waals surface area contributed by atoms with Gasteiger partial charge in [0.15, 0.2) is 0 Å². The van der Waals surface area contributed by atoms with Gasteiger partial charge in [-0.2, -0.15) is 5.10 Å². The van der Waals surface area contributed by atoms with Crippen molar-refractivity contribution in [3.05, 3.63) is 22.8 Å². The van der Waals surface area contributed by atoms with Crippen molar-refractivity contribution in [2.24, 2.45) is 7.05 Å². The molecule has 152 valence electrons. The van der Waals surface area contributed by atoms with Crippen LogP contribution in [-0.4, -0.2) is 51.5 Å². The monoisotopic (exact) mass is 448 g/mol. The van der Waals surface area contributed by atoms with Gasteiger partial charge in [0.1, 0.15) is 11.1 Å². The number of rotatable bonds is 3. The molecular formula is C21H29BrN4O2. The predicted molar refractivity (Wildman–Crippen MR) is 115 cm³/mol. The van der Waals surface area contributed by atoms with Crippen molar-refractivity contribution in [3.8, 4) is 0 Å². The molecule has 0 spiro atoms. The smallest absolute Gasteiger partial charge is 0.410 e. The van der Waals surface area contributed by atoms with E-state index in [0.29, 0.717) is 6.04 Å². The van der Waals surface area contributed by atoms with Gasteiger partial charge in [-0.05, 0) is 74.5 Å². The van der Waals surface area contributed by atoms with E-state index >= 15 is 0 Å². The van der Waals surface area contributed by atoms with Gasteiger partial charge in [0.25, 0.3) is 0 Å². The molecule has 0 bridgehead atoms. The number of amides is 1. The molecular weight excluding hydrogens is 420 g/mol. The van der Waals surface area contributed by atoms with Gasteiger partial charge in [0.05, 0.1) is 0 Å². The van der Waals surface area contributed by atoms with E-state index in [2.05, 4.69) is 44.3 Å². The fourth-order valence-corrected chi connectivity index (χ4v) is 4.52. The SMILES string of the molecule is Cn1cc2c(N3CCC(N(C(=O)OC(C)(C)C)C4CC4)CC3)ccc(Br)c2n1. The average molecular weight is 449 g/mol. The molecule has 0 radical (unpaired) electrons. The number of carbonyl (C=O) groups excluding carboxylic acids is 1. The van der Waals surface area contributed by atoms with Crippen LogP contribution in [0, 0.1) is 0 Å². The van der Waals surface area contributed by atoms with E-state index in [0.717, 1.165) is 48.8 Å². The zero-order valence-electron chi connectivity index (χ0n) is 17.1. The summed E-state index contributed by atoms with van der Waals surface area (Å²) in [5.74, 6) is 0. The van der Waals surface area contributed by atoms with Crippen molar-refractivity contribution in [2.75, 3.05) is 18.0 Å². The summed E-state index contributed by atoms with van der Waals surface area (Å²) in [6, 6.07) is 4.87. The second-order valence-electron chi connectivity index (χ2n) is 8.97. The van der Waals surface area contributed by atoms with Crippen LogP contribution in [0.5, 0.6) is 0 Å². The van der Waals surface area contributed by atoms with E-state index in [-0.39, 0.29) is 12.1 Å². The fraction of sp³-hybridized carbons (Fsp3) is 0.619. The minimum atomic E-state index is -0.450. The standard InChI is InChI=1S/C21H29BrN4O2/c1-21(2,3)28-20(27)26(14-5-6-14)15-9-11-25(12-10-15)18-8-7-17(22)19-16(18)13-24(4)23-19/h7-8,13-15H,5-6,9-12H2,1-4H3. The Labute approximate surface area is 174 Å². The van der Waals surface area contributed by atoms with Crippen molar-refractivity contribution in [1.82, 2.24) is 14.7 Å². The van der Waals surface area contributed by atoms with Crippen LogP contribution in [0.2, 0.25) is 0 Å². The van der Waals surface area contributed by atoms with Gasteiger partial charge in [-0.15, -0.1) is 0 Å². The predicted octanol–water partition coefficient (Wildman–Crippen LogP) is 4.70. The maximum Gasteiger partial charge on any atom is 0.410 e. The Balaban J connectivity index is 1.48. The Morgan fingerprint density at radius 2 is 1.82 bits per heavy atom. The third-order valence-electron chi connectivity index (χ3n) is 5.46. The number of aryl methyl sites for hydroxylation is 1. The number of hydrogen-bond donors (Lipinski definition) is 0. The molecule has 1 amide bonds. The van der Waals surface area contributed by atoms with Crippen molar-refractivity contribution in [2.45, 2.75) is 64.1 Å². The summed E-state index contributed by atoms with van der Waals surface area (Å²) < 4.78 is 8.58. The molecule has 2 fully saturated rings. The molecule has 6 nitrogen and oxygen atoms in total.